The van der Waals surface area contributed by atoms with Gasteiger partial charge in [0.2, 0.25) is 5.91 Å². The third-order valence-corrected chi connectivity index (χ3v) is 6.59. The smallest absolute Gasteiger partial charge is 0.223 e. The van der Waals surface area contributed by atoms with Crippen molar-refractivity contribution in [3.63, 3.8) is 0 Å². The Balaban J connectivity index is 1.57. The van der Waals surface area contributed by atoms with Crippen LogP contribution in [0.2, 0.25) is 0 Å². The van der Waals surface area contributed by atoms with Gasteiger partial charge in [-0.25, -0.2) is 4.98 Å². The monoisotopic (exact) mass is 449 g/mol. The highest BCUT2D eigenvalue weighted by molar-refractivity contribution is 5.78. The number of fused-ring (bicyclic) bond motifs is 1. The molecule has 1 amide bonds. The molecule has 5 heteroatoms. The molecule has 1 aromatic heterocycles. The van der Waals surface area contributed by atoms with Crippen LogP contribution in [-0.4, -0.2) is 28.6 Å². The van der Waals surface area contributed by atoms with E-state index in [1.54, 1.807) is 0 Å². The van der Waals surface area contributed by atoms with Crippen molar-refractivity contribution in [2.24, 2.45) is 5.92 Å². The van der Waals surface area contributed by atoms with Crippen LogP contribution >= 0.6 is 0 Å². The van der Waals surface area contributed by atoms with Crippen LogP contribution in [0.3, 0.4) is 0 Å². The summed E-state index contributed by atoms with van der Waals surface area (Å²) in [5, 5.41) is 3.09. The molecule has 1 unspecified atom stereocenters. The second-order valence-corrected chi connectivity index (χ2v) is 8.80. The predicted molar refractivity (Wildman–Crippen MR) is 136 cm³/mol. The minimum absolute atomic E-state index is 0.0974. The highest BCUT2D eigenvalue weighted by Gasteiger charge is 2.15. The number of hydrogen-bond donors (Lipinski definition) is 1. The maximum Gasteiger partial charge on any atom is 0.223 e. The van der Waals surface area contributed by atoms with Crippen LogP contribution in [0, 0.1) is 5.92 Å². The third kappa shape index (κ3) is 6.59. The maximum atomic E-state index is 12.3. The van der Waals surface area contributed by atoms with E-state index in [1.165, 1.54) is 5.56 Å². The first kappa shape index (κ1) is 24.8. The predicted octanol–water partition coefficient (Wildman–Crippen LogP) is 6.11. The maximum absolute atomic E-state index is 12.3. The van der Waals surface area contributed by atoms with E-state index < -0.39 is 0 Å². The zero-order valence-electron chi connectivity index (χ0n) is 20.6. The number of benzene rings is 2. The Kier molecular flexibility index (Phi) is 9.35. The van der Waals surface area contributed by atoms with Crippen molar-refractivity contribution in [2.75, 3.05) is 13.2 Å². The van der Waals surface area contributed by atoms with Gasteiger partial charge in [-0.15, -0.1) is 0 Å². The molecule has 5 nitrogen and oxygen atoms in total. The van der Waals surface area contributed by atoms with Crippen molar-refractivity contribution in [1.82, 2.24) is 14.9 Å². The molecule has 0 radical (unpaired) electrons. The molecule has 0 spiro atoms. The fourth-order valence-corrected chi connectivity index (χ4v) is 4.21. The van der Waals surface area contributed by atoms with E-state index in [9.17, 15) is 4.79 Å². The van der Waals surface area contributed by atoms with Crippen molar-refractivity contribution in [3.8, 4) is 5.75 Å². The number of para-hydroxylation sites is 2. The summed E-state index contributed by atoms with van der Waals surface area (Å²) >= 11 is 0. The molecular formula is C28H39N3O2. The van der Waals surface area contributed by atoms with Crippen LogP contribution in [0.15, 0.2) is 48.5 Å². The van der Waals surface area contributed by atoms with Crippen LogP contribution in [0.1, 0.15) is 70.7 Å². The number of imidazole rings is 1. The number of rotatable bonds is 13. The van der Waals surface area contributed by atoms with Crippen LogP contribution in [0.25, 0.3) is 11.0 Å². The highest BCUT2D eigenvalue weighted by Crippen LogP contribution is 2.22. The molecular weight excluding hydrogens is 410 g/mol. The van der Waals surface area contributed by atoms with Crippen molar-refractivity contribution in [2.45, 2.75) is 72.3 Å². The van der Waals surface area contributed by atoms with Gasteiger partial charge in [-0.3, -0.25) is 4.79 Å². The van der Waals surface area contributed by atoms with Gasteiger partial charge in [-0.05, 0) is 61.4 Å². The van der Waals surface area contributed by atoms with Gasteiger partial charge >= 0.3 is 0 Å². The summed E-state index contributed by atoms with van der Waals surface area (Å²) in [6, 6.07) is 16.7. The van der Waals surface area contributed by atoms with Gasteiger partial charge in [0, 0.05) is 25.4 Å². The normalized spacial score (nSPS) is 12.3. The van der Waals surface area contributed by atoms with Gasteiger partial charge in [0.1, 0.15) is 11.6 Å². The van der Waals surface area contributed by atoms with Crippen molar-refractivity contribution in [1.29, 1.82) is 0 Å². The zero-order valence-corrected chi connectivity index (χ0v) is 20.6. The lowest BCUT2D eigenvalue weighted by Gasteiger charge is -2.14. The molecule has 0 aliphatic heterocycles. The Labute approximate surface area is 198 Å². The lowest BCUT2D eigenvalue weighted by Crippen LogP contribution is -2.32. The molecule has 0 aliphatic carbocycles. The molecule has 0 saturated heterocycles. The topological polar surface area (TPSA) is 56.2 Å². The molecule has 1 N–H and O–H groups in total. The fraction of sp³-hybridized carbons (Fsp3) is 0.500. The molecule has 0 bridgehead atoms. The Bertz CT molecular complexity index is 1010. The molecule has 2 aromatic carbocycles. The average molecular weight is 450 g/mol. The van der Waals surface area contributed by atoms with Crippen LogP contribution in [0.4, 0.5) is 0 Å². The van der Waals surface area contributed by atoms with Crippen molar-refractivity contribution >= 4 is 16.9 Å². The number of aryl methyl sites for hydroxylation is 1. The van der Waals surface area contributed by atoms with Gasteiger partial charge in [0.25, 0.3) is 0 Å². The van der Waals surface area contributed by atoms with E-state index in [4.69, 9.17) is 9.72 Å². The first-order valence-electron chi connectivity index (χ1n) is 12.5. The number of ether oxygens (including phenoxy) is 1. The number of amides is 1. The summed E-state index contributed by atoms with van der Waals surface area (Å²) in [6.07, 6.45) is 4.50. The van der Waals surface area contributed by atoms with E-state index in [2.05, 4.69) is 74.0 Å². The first-order chi connectivity index (χ1) is 16.1. The molecule has 1 atom stereocenters. The largest absolute Gasteiger partial charge is 0.494 e. The zero-order chi connectivity index (χ0) is 23.6. The number of nitrogens with one attached hydrogen (secondary N) is 1. The average Bonchev–Trinajstić information content (AvgIpc) is 3.19. The molecule has 3 rings (SSSR count). The van der Waals surface area contributed by atoms with Crippen molar-refractivity contribution in [3.05, 3.63) is 59.9 Å². The Hall–Kier alpha value is -2.82. The number of carbonyl (C=O) groups excluding carboxylic acids is 1. The fourth-order valence-electron chi connectivity index (χ4n) is 4.21. The van der Waals surface area contributed by atoms with Gasteiger partial charge < -0.3 is 14.6 Å². The standard InChI is InChI=1S/C28H39N3O2/c1-5-21(4)23-13-15-24(16-14-23)33-20-10-19-31-26-12-9-8-11-25(26)30-27(31)17-18-29-28(32)22(6-2)7-3/h8-9,11-16,21-22H,5-7,10,17-20H2,1-4H3,(H,29,32). The third-order valence-electron chi connectivity index (χ3n) is 6.59. The van der Waals surface area contributed by atoms with Gasteiger partial charge in [-0.2, -0.15) is 0 Å². The molecule has 0 aliphatic rings. The number of aromatic nitrogens is 2. The second-order valence-electron chi connectivity index (χ2n) is 8.80. The number of nitrogens with zero attached hydrogens (tertiary/aromatic N) is 2. The molecule has 33 heavy (non-hydrogen) atoms. The minimum Gasteiger partial charge on any atom is -0.494 e. The minimum atomic E-state index is 0.0974. The molecule has 3 aromatic rings. The quantitative estimate of drug-likeness (QED) is 0.320. The highest BCUT2D eigenvalue weighted by atomic mass is 16.5. The van der Waals surface area contributed by atoms with Crippen LogP contribution in [0.5, 0.6) is 5.75 Å². The molecule has 178 valence electrons. The summed E-state index contributed by atoms with van der Waals surface area (Å²) in [5.41, 5.74) is 3.49. The SMILES string of the molecule is CCC(CC)C(=O)NCCc1nc2ccccc2n1CCCOc1ccc(C(C)CC)cc1. The lowest BCUT2D eigenvalue weighted by molar-refractivity contribution is -0.125. The number of carbonyl (C=O) groups is 1. The van der Waals surface area contributed by atoms with Gasteiger partial charge in [-0.1, -0.05) is 52.0 Å². The van der Waals surface area contributed by atoms with E-state index >= 15 is 0 Å². The molecule has 0 fully saturated rings. The number of hydrogen-bond acceptors (Lipinski definition) is 3. The van der Waals surface area contributed by atoms with Crippen LogP contribution < -0.4 is 10.1 Å². The summed E-state index contributed by atoms with van der Waals surface area (Å²) in [4.78, 5) is 17.2. The van der Waals surface area contributed by atoms with Crippen molar-refractivity contribution < 1.29 is 9.53 Å². The Morgan fingerprint density at radius 3 is 2.45 bits per heavy atom. The molecule has 1 heterocycles. The Morgan fingerprint density at radius 2 is 1.76 bits per heavy atom. The van der Waals surface area contributed by atoms with E-state index in [-0.39, 0.29) is 11.8 Å². The van der Waals surface area contributed by atoms with E-state index in [0.717, 1.165) is 61.3 Å². The van der Waals surface area contributed by atoms with Gasteiger partial charge in [0.15, 0.2) is 0 Å². The first-order valence-corrected chi connectivity index (χ1v) is 12.5. The van der Waals surface area contributed by atoms with Gasteiger partial charge in [0.05, 0.1) is 17.6 Å². The van der Waals surface area contributed by atoms with E-state index in [1.807, 2.05) is 12.1 Å². The summed E-state index contributed by atoms with van der Waals surface area (Å²) in [5.74, 6) is 2.75. The molecule has 0 saturated carbocycles. The van der Waals surface area contributed by atoms with Crippen LogP contribution in [-0.2, 0) is 17.8 Å². The summed E-state index contributed by atoms with van der Waals surface area (Å²) in [6.45, 7) is 10.7. The van der Waals surface area contributed by atoms with E-state index in [0.29, 0.717) is 19.1 Å². The summed E-state index contributed by atoms with van der Waals surface area (Å²) < 4.78 is 8.27. The lowest BCUT2D eigenvalue weighted by atomic mass is 9.99. The Morgan fingerprint density at radius 1 is 1.03 bits per heavy atom. The second kappa shape index (κ2) is 12.4. The summed E-state index contributed by atoms with van der Waals surface area (Å²) in [7, 11) is 0.